The minimum Gasteiger partial charge on any atom is -0.545 e. The molecule has 0 saturated heterocycles. The van der Waals surface area contributed by atoms with Crippen LogP contribution >= 0.6 is 0 Å². The Kier molecular flexibility index (Phi) is 5.99. The number of hydrogen-bond donors (Lipinski definition) is 1. The maximum Gasteiger partial charge on any atom is 0.265 e. The number of pyridine rings is 1. The van der Waals surface area contributed by atoms with Gasteiger partial charge in [0, 0.05) is 24.1 Å². The highest BCUT2D eigenvalue weighted by Gasteiger charge is 2.26. The molecule has 1 heterocycles. The standard InChI is InChI=1S/C20H21NO8S/c1-27-12-5-6-16-14(9-12)18(20(22)23)15-10-13(28-2)11-17(29-3)19(15)21(16)7-4-8-30(24,25)26/h5-6,9-11H,4,7-8H2,1-3H3,(H-,22,23,24,25,26). The second kappa shape index (κ2) is 8.33. The maximum absolute atomic E-state index is 12.1. The molecule has 10 heteroatoms. The molecule has 9 nitrogen and oxygen atoms in total. The summed E-state index contributed by atoms with van der Waals surface area (Å²) in [4.78, 5) is 12.1. The van der Waals surface area contributed by atoms with E-state index in [4.69, 9.17) is 18.8 Å². The zero-order chi connectivity index (χ0) is 22.1. The highest BCUT2D eigenvalue weighted by atomic mass is 32.2. The number of nitrogens with zero attached hydrogens (tertiary/aromatic N) is 1. The van der Waals surface area contributed by atoms with E-state index >= 15 is 0 Å². The van der Waals surface area contributed by atoms with Gasteiger partial charge in [0.05, 0.1) is 43.8 Å². The molecule has 2 aromatic carbocycles. The molecule has 160 valence electrons. The molecule has 1 aromatic heterocycles. The predicted molar refractivity (Wildman–Crippen MR) is 107 cm³/mol. The molecular weight excluding hydrogens is 414 g/mol. The van der Waals surface area contributed by atoms with E-state index in [0.717, 1.165) is 0 Å². The number of aromatic carboxylic acids is 1. The Morgan fingerprint density at radius 1 is 1.03 bits per heavy atom. The predicted octanol–water partition coefficient (Wildman–Crippen LogP) is 0.948. The summed E-state index contributed by atoms with van der Waals surface area (Å²) >= 11 is 0. The van der Waals surface area contributed by atoms with Gasteiger partial charge in [-0.2, -0.15) is 13.0 Å². The number of methoxy groups -OCH3 is 3. The van der Waals surface area contributed by atoms with Crippen LogP contribution in [0.3, 0.4) is 0 Å². The van der Waals surface area contributed by atoms with Gasteiger partial charge in [-0.3, -0.25) is 4.55 Å². The zero-order valence-electron chi connectivity index (χ0n) is 16.7. The van der Waals surface area contributed by atoms with E-state index in [1.54, 1.807) is 34.9 Å². The Hall–Kier alpha value is -3.11. The van der Waals surface area contributed by atoms with Crippen molar-refractivity contribution in [3.05, 3.63) is 35.9 Å². The number of fused-ring (bicyclic) bond motifs is 2. The summed E-state index contributed by atoms with van der Waals surface area (Å²) in [5.41, 5.74) is 0.883. The fraction of sp³-hybridized carbons (Fsp3) is 0.300. The van der Waals surface area contributed by atoms with Gasteiger partial charge in [0.2, 0.25) is 5.52 Å². The van der Waals surface area contributed by atoms with Crippen molar-refractivity contribution in [2.24, 2.45) is 0 Å². The zero-order valence-corrected chi connectivity index (χ0v) is 17.5. The number of carboxylic acid groups (broad SMARTS) is 1. The molecule has 0 radical (unpaired) electrons. The van der Waals surface area contributed by atoms with E-state index in [2.05, 4.69) is 0 Å². The van der Waals surface area contributed by atoms with Crippen molar-refractivity contribution in [3.8, 4) is 17.2 Å². The van der Waals surface area contributed by atoms with Crippen molar-refractivity contribution in [1.82, 2.24) is 0 Å². The second-order valence-corrected chi connectivity index (χ2v) is 8.13. The van der Waals surface area contributed by atoms with Crippen molar-refractivity contribution in [2.45, 2.75) is 13.0 Å². The Morgan fingerprint density at radius 3 is 2.27 bits per heavy atom. The van der Waals surface area contributed by atoms with Gasteiger partial charge in [0.25, 0.3) is 15.6 Å². The number of carbonyl (C=O) groups excluding carboxylic acids is 1. The molecule has 0 amide bonds. The summed E-state index contributed by atoms with van der Waals surface area (Å²) in [5.74, 6) is -0.660. The van der Waals surface area contributed by atoms with Crippen LogP contribution in [0.15, 0.2) is 30.3 Å². The third-order valence-electron chi connectivity index (χ3n) is 4.80. The SMILES string of the molecule is COc1ccc2c(c1)c(C(=O)[O-])c1cc(OC)cc(OC)c1[n+]2CCCS(=O)(=O)O. The Morgan fingerprint density at radius 2 is 1.70 bits per heavy atom. The van der Waals surface area contributed by atoms with Crippen LogP contribution in [0.2, 0.25) is 0 Å². The number of aryl methyl sites for hydroxylation is 1. The van der Waals surface area contributed by atoms with Crippen LogP contribution in [0.4, 0.5) is 0 Å². The van der Waals surface area contributed by atoms with Gasteiger partial charge >= 0.3 is 0 Å². The first-order valence-corrected chi connectivity index (χ1v) is 10.6. The largest absolute Gasteiger partial charge is 0.545 e. The van der Waals surface area contributed by atoms with Crippen LogP contribution < -0.4 is 23.9 Å². The average molecular weight is 435 g/mol. The smallest absolute Gasteiger partial charge is 0.265 e. The van der Waals surface area contributed by atoms with Crippen LogP contribution in [0.1, 0.15) is 16.8 Å². The molecule has 30 heavy (non-hydrogen) atoms. The first-order valence-electron chi connectivity index (χ1n) is 8.96. The monoisotopic (exact) mass is 435 g/mol. The van der Waals surface area contributed by atoms with Crippen molar-refractivity contribution in [3.63, 3.8) is 0 Å². The molecule has 0 bridgehead atoms. The summed E-state index contributed by atoms with van der Waals surface area (Å²) < 4.78 is 49.2. The van der Waals surface area contributed by atoms with Crippen LogP contribution in [-0.4, -0.2) is 46.0 Å². The highest BCUT2D eigenvalue weighted by molar-refractivity contribution is 7.85. The fourth-order valence-electron chi connectivity index (χ4n) is 3.53. The summed E-state index contributed by atoms with van der Waals surface area (Å²) in [5, 5.41) is 12.8. The van der Waals surface area contributed by atoms with Gasteiger partial charge in [0.15, 0.2) is 12.3 Å². The van der Waals surface area contributed by atoms with Gasteiger partial charge in [-0.1, -0.05) is 0 Å². The van der Waals surface area contributed by atoms with Crippen LogP contribution in [0.25, 0.3) is 21.8 Å². The number of ether oxygens (including phenoxy) is 3. The van der Waals surface area contributed by atoms with E-state index in [1.165, 1.54) is 21.3 Å². The first kappa shape index (κ1) is 21.6. The third-order valence-corrected chi connectivity index (χ3v) is 5.60. The van der Waals surface area contributed by atoms with Crippen molar-refractivity contribution in [1.29, 1.82) is 0 Å². The van der Waals surface area contributed by atoms with Crippen molar-refractivity contribution >= 4 is 37.9 Å². The lowest BCUT2D eigenvalue weighted by Gasteiger charge is -2.16. The molecule has 0 aliphatic rings. The minimum atomic E-state index is -4.15. The lowest BCUT2D eigenvalue weighted by molar-refractivity contribution is -0.645. The van der Waals surface area contributed by atoms with Gasteiger partial charge in [-0.25, -0.2) is 0 Å². The van der Waals surface area contributed by atoms with E-state index < -0.39 is 21.8 Å². The Balaban J connectivity index is 2.45. The highest BCUT2D eigenvalue weighted by Crippen LogP contribution is 2.35. The molecule has 3 rings (SSSR count). The molecule has 0 aliphatic carbocycles. The number of aromatic nitrogens is 1. The Labute approximate surface area is 173 Å². The number of carboxylic acids is 1. The van der Waals surface area contributed by atoms with Gasteiger partial charge < -0.3 is 24.1 Å². The molecule has 0 spiro atoms. The molecule has 0 fully saturated rings. The minimum absolute atomic E-state index is 0.0675. The van der Waals surface area contributed by atoms with Crippen LogP contribution in [-0.2, 0) is 16.7 Å². The number of carbonyl (C=O) groups is 1. The molecule has 0 atom stereocenters. The maximum atomic E-state index is 12.1. The van der Waals surface area contributed by atoms with Crippen molar-refractivity contribution in [2.75, 3.05) is 27.1 Å². The second-order valence-electron chi connectivity index (χ2n) is 6.56. The molecule has 0 unspecified atom stereocenters. The lowest BCUT2D eigenvalue weighted by atomic mass is 10.0. The first-order chi connectivity index (χ1) is 14.2. The molecule has 1 N–H and O–H groups in total. The van der Waals surface area contributed by atoms with Gasteiger partial charge in [-0.15, -0.1) is 0 Å². The lowest BCUT2D eigenvalue weighted by Crippen LogP contribution is -2.38. The summed E-state index contributed by atoms with van der Waals surface area (Å²) in [7, 11) is 0.203. The van der Waals surface area contributed by atoms with Crippen molar-refractivity contribution < 1.29 is 41.6 Å². The van der Waals surface area contributed by atoms with Crippen LogP contribution in [0, 0.1) is 0 Å². The van der Waals surface area contributed by atoms with Crippen LogP contribution in [0.5, 0.6) is 17.2 Å². The third kappa shape index (κ3) is 4.10. The van der Waals surface area contributed by atoms with Gasteiger partial charge in [0.1, 0.15) is 11.5 Å². The molecule has 0 saturated carbocycles. The number of hydrogen-bond acceptors (Lipinski definition) is 7. The molecule has 3 aromatic rings. The number of rotatable bonds is 8. The summed E-state index contributed by atoms with van der Waals surface area (Å²) in [6, 6.07) is 8.09. The molecule has 0 aliphatic heterocycles. The van der Waals surface area contributed by atoms with E-state index in [0.29, 0.717) is 39.1 Å². The number of benzene rings is 2. The molecular formula is C20H21NO8S. The van der Waals surface area contributed by atoms with E-state index in [1.807, 2.05) is 0 Å². The fourth-order valence-corrected chi connectivity index (χ4v) is 4.02. The average Bonchev–Trinajstić information content (AvgIpc) is 2.70. The van der Waals surface area contributed by atoms with E-state index in [-0.39, 0.29) is 18.5 Å². The topological polar surface area (TPSA) is 126 Å². The summed E-state index contributed by atoms with van der Waals surface area (Å²) in [6.07, 6.45) is 0.0968. The van der Waals surface area contributed by atoms with Gasteiger partial charge in [-0.05, 0) is 18.2 Å². The normalized spacial score (nSPS) is 11.6. The Bertz CT molecular complexity index is 1240. The summed E-state index contributed by atoms with van der Waals surface area (Å²) in [6.45, 7) is 0.176. The quantitative estimate of drug-likeness (QED) is 0.315. The van der Waals surface area contributed by atoms with E-state index in [9.17, 15) is 18.3 Å².